The van der Waals surface area contributed by atoms with Crippen LogP contribution in [0.2, 0.25) is 0 Å². The molecule has 0 unspecified atom stereocenters. The van der Waals surface area contributed by atoms with Gasteiger partial charge in [0.1, 0.15) is 5.82 Å². The molecular formula is C8H13BrN2. The summed E-state index contributed by atoms with van der Waals surface area (Å²) in [6, 6.07) is 0. The first-order valence-electron chi connectivity index (χ1n) is 3.61. The minimum atomic E-state index is 0.123. The maximum Gasteiger partial charge on any atom is 0.114 e. The summed E-state index contributed by atoms with van der Waals surface area (Å²) in [5.74, 6) is 1.12. The summed E-state index contributed by atoms with van der Waals surface area (Å²) in [4.78, 5) is 4.29. The molecule has 1 aromatic heterocycles. The second-order valence-corrected chi connectivity index (χ2v) is 3.94. The maximum absolute atomic E-state index is 4.29. The van der Waals surface area contributed by atoms with Crippen molar-refractivity contribution in [3.8, 4) is 0 Å². The molecule has 0 aliphatic rings. The number of nitrogens with zero attached hydrogens (tertiary/aromatic N) is 2. The molecule has 0 fully saturated rings. The number of hydrogen-bond acceptors (Lipinski definition) is 1. The molecule has 0 spiro atoms. The van der Waals surface area contributed by atoms with Crippen LogP contribution in [0, 0.1) is 0 Å². The van der Waals surface area contributed by atoms with Gasteiger partial charge in [0.25, 0.3) is 0 Å². The molecule has 0 N–H and O–H groups in total. The second-order valence-electron chi connectivity index (χ2n) is 3.38. The molecule has 0 saturated heterocycles. The largest absolute Gasteiger partial charge is 0.338 e. The number of rotatable bonds is 2. The van der Waals surface area contributed by atoms with Crippen LogP contribution in [0.15, 0.2) is 12.4 Å². The van der Waals surface area contributed by atoms with E-state index in [1.165, 1.54) is 0 Å². The molecule has 0 amide bonds. The van der Waals surface area contributed by atoms with Gasteiger partial charge in [0.2, 0.25) is 0 Å². The zero-order chi connectivity index (χ0) is 8.48. The third kappa shape index (κ3) is 1.64. The summed E-state index contributed by atoms with van der Waals surface area (Å²) >= 11 is 3.47. The van der Waals surface area contributed by atoms with Gasteiger partial charge in [-0.2, -0.15) is 0 Å². The Labute approximate surface area is 75.8 Å². The monoisotopic (exact) mass is 216 g/mol. The van der Waals surface area contributed by atoms with Crippen molar-refractivity contribution >= 4 is 15.9 Å². The van der Waals surface area contributed by atoms with E-state index in [0.29, 0.717) is 0 Å². The number of halogens is 1. The lowest BCUT2D eigenvalue weighted by Crippen LogP contribution is -2.23. The second kappa shape index (κ2) is 2.97. The van der Waals surface area contributed by atoms with E-state index in [0.717, 1.165) is 11.2 Å². The Morgan fingerprint density at radius 1 is 1.64 bits per heavy atom. The van der Waals surface area contributed by atoms with Crippen LogP contribution in [0.1, 0.15) is 19.7 Å². The molecule has 0 radical (unpaired) electrons. The van der Waals surface area contributed by atoms with Gasteiger partial charge >= 0.3 is 0 Å². The summed E-state index contributed by atoms with van der Waals surface area (Å²) in [6.45, 7) is 4.34. The predicted octanol–water partition coefficient (Wildman–Crippen LogP) is 2.09. The van der Waals surface area contributed by atoms with Crippen LogP contribution >= 0.6 is 15.9 Å². The Kier molecular flexibility index (Phi) is 2.37. The first-order valence-corrected chi connectivity index (χ1v) is 4.74. The maximum atomic E-state index is 4.29. The van der Waals surface area contributed by atoms with E-state index in [-0.39, 0.29) is 5.41 Å². The quantitative estimate of drug-likeness (QED) is 0.693. The van der Waals surface area contributed by atoms with E-state index in [1.54, 1.807) is 0 Å². The van der Waals surface area contributed by atoms with E-state index in [1.807, 2.05) is 19.4 Å². The van der Waals surface area contributed by atoms with Gasteiger partial charge in [-0.1, -0.05) is 29.8 Å². The molecule has 0 aliphatic carbocycles. The zero-order valence-electron chi connectivity index (χ0n) is 7.13. The molecule has 11 heavy (non-hydrogen) atoms. The summed E-state index contributed by atoms with van der Waals surface area (Å²) in [5.41, 5.74) is 0.123. The lowest BCUT2D eigenvalue weighted by atomic mass is 9.96. The van der Waals surface area contributed by atoms with Crippen molar-refractivity contribution in [1.82, 2.24) is 9.55 Å². The highest BCUT2D eigenvalue weighted by atomic mass is 79.9. The van der Waals surface area contributed by atoms with Crippen LogP contribution < -0.4 is 0 Å². The number of aryl methyl sites for hydroxylation is 1. The van der Waals surface area contributed by atoms with Gasteiger partial charge in [0, 0.05) is 30.2 Å². The third-order valence-electron chi connectivity index (χ3n) is 1.76. The van der Waals surface area contributed by atoms with E-state index >= 15 is 0 Å². The fraction of sp³-hybridized carbons (Fsp3) is 0.625. The lowest BCUT2D eigenvalue weighted by molar-refractivity contribution is 0.535. The molecule has 0 saturated carbocycles. The van der Waals surface area contributed by atoms with E-state index in [2.05, 4.69) is 39.3 Å². The summed E-state index contributed by atoms with van der Waals surface area (Å²) < 4.78 is 2.06. The summed E-state index contributed by atoms with van der Waals surface area (Å²) in [7, 11) is 2.02. The SMILES string of the molecule is Cn1ccnc1C(C)(C)CBr. The van der Waals surface area contributed by atoms with Crippen LogP contribution in [0.25, 0.3) is 0 Å². The molecule has 1 aromatic rings. The fourth-order valence-electron chi connectivity index (χ4n) is 1.08. The van der Waals surface area contributed by atoms with Crippen LogP contribution in [0.3, 0.4) is 0 Å². The molecule has 1 heterocycles. The highest BCUT2D eigenvalue weighted by Gasteiger charge is 2.22. The van der Waals surface area contributed by atoms with E-state index in [9.17, 15) is 0 Å². The number of imidazole rings is 1. The minimum absolute atomic E-state index is 0.123. The Morgan fingerprint density at radius 3 is 2.64 bits per heavy atom. The van der Waals surface area contributed by atoms with Gasteiger partial charge < -0.3 is 4.57 Å². The molecule has 0 atom stereocenters. The van der Waals surface area contributed by atoms with Crippen molar-refractivity contribution in [2.75, 3.05) is 5.33 Å². The van der Waals surface area contributed by atoms with Gasteiger partial charge in [-0.25, -0.2) is 4.98 Å². The van der Waals surface area contributed by atoms with Crippen molar-refractivity contribution in [3.63, 3.8) is 0 Å². The Hall–Kier alpha value is -0.310. The predicted molar refractivity (Wildman–Crippen MR) is 50.0 cm³/mol. The molecule has 0 aliphatic heterocycles. The topological polar surface area (TPSA) is 17.8 Å². The van der Waals surface area contributed by atoms with Gasteiger partial charge in [-0.3, -0.25) is 0 Å². The van der Waals surface area contributed by atoms with Gasteiger partial charge in [-0.05, 0) is 0 Å². The first-order chi connectivity index (χ1) is 5.08. The van der Waals surface area contributed by atoms with E-state index in [4.69, 9.17) is 0 Å². The lowest BCUT2D eigenvalue weighted by Gasteiger charge is -2.20. The highest BCUT2D eigenvalue weighted by molar-refractivity contribution is 9.09. The molecule has 0 bridgehead atoms. The standard InChI is InChI=1S/C8H13BrN2/c1-8(2,6-9)7-10-4-5-11(7)3/h4-5H,6H2,1-3H3. The summed E-state index contributed by atoms with van der Waals surface area (Å²) in [6.07, 6.45) is 3.81. The van der Waals surface area contributed by atoms with Crippen LogP contribution in [-0.4, -0.2) is 14.9 Å². The molecule has 3 heteroatoms. The van der Waals surface area contributed by atoms with Crippen molar-refractivity contribution < 1.29 is 0 Å². The van der Waals surface area contributed by atoms with Crippen LogP contribution in [0.4, 0.5) is 0 Å². The Balaban J connectivity index is 3.00. The first kappa shape index (κ1) is 8.78. The third-order valence-corrected chi connectivity index (χ3v) is 3.16. The average molecular weight is 217 g/mol. The molecular weight excluding hydrogens is 204 g/mol. The Bertz CT molecular complexity index is 240. The molecule has 1 rings (SSSR count). The van der Waals surface area contributed by atoms with Gasteiger partial charge in [0.15, 0.2) is 0 Å². The van der Waals surface area contributed by atoms with Crippen LogP contribution in [0.5, 0.6) is 0 Å². The highest BCUT2D eigenvalue weighted by Crippen LogP contribution is 2.22. The number of alkyl halides is 1. The van der Waals surface area contributed by atoms with E-state index < -0.39 is 0 Å². The zero-order valence-corrected chi connectivity index (χ0v) is 8.72. The normalized spacial score (nSPS) is 12.0. The van der Waals surface area contributed by atoms with Gasteiger partial charge in [-0.15, -0.1) is 0 Å². The number of hydrogen-bond donors (Lipinski definition) is 0. The van der Waals surface area contributed by atoms with Crippen molar-refractivity contribution in [2.45, 2.75) is 19.3 Å². The van der Waals surface area contributed by atoms with Gasteiger partial charge in [0.05, 0.1) is 0 Å². The number of aromatic nitrogens is 2. The molecule has 0 aromatic carbocycles. The Morgan fingerprint density at radius 2 is 2.27 bits per heavy atom. The molecule has 62 valence electrons. The van der Waals surface area contributed by atoms with Crippen LogP contribution in [-0.2, 0) is 12.5 Å². The summed E-state index contributed by atoms with van der Waals surface area (Å²) in [5, 5.41) is 0.935. The van der Waals surface area contributed by atoms with Crippen molar-refractivity contribution in [2.24, 2.45) is 7.05 Å². The minimum Gasteiger partial charge on any atom is -0.338 e. The smallest absolute Gasteiger partial charge is 0.114 e. The fourth-order valence-corrected chi connectivity index (χ4v) is 1.33. The van der Waals surface area contributed by atoms with Crippen molar-refractivity contribution in [1.29, 1.82) is 0 Å². The average Bonchev–Trinajstić information content (AvgIpc) is 2.36. The molecule has 2 nitrogen and oxygen atoms in total. The van der Waals surface area contributed by atoms with Crippen molar-refractivity contribution in [3.05, 3.63) is 18.2 Å².